The molecule has 1 N–H and O–H groups in total. The van der Waals surface area contributed by atoms with Crippen LogP contribution in [0.4, 0.5) is 4.39 Å². The van der Waals surface area contributed by atoms with Crippen molar-refractivity contribution in [1.29, 1.82) is 0 Å². The van der Waals surface area contributed by atoms with Crippen LogP contribution in [-0.4, -0.2) is 26.1 Å². The molecule has 0 fully saturated rings. The molecule has 5 nitrogen and oxygen atoms in total. The molecule has 0 bridgehead atoms. The van der Waals surface area contributed by atoms with Crippen LogP contribution in [0.2, 0.25) is 0 Å². The molecule has 1 aromatic rings. The Balaban J connectivity index is 2.81. The molecule has 0 aliphatic heterocycles. The molecule has 0 radical (unpaired) electrons. The smallest absolute Gasteiger partial charge is 0.328 e. The minimum Gasteiger partial charge on any atom is -0.480 e. The van der Waals surface area contributed by atoms with Crippen molar-refractivity contribution < 1.29 is 14.3 Å². The van der Waals surface area contributed by atoms with Gasteiger partial charge >= 0.3 is 5.97 Å². The Kier molecular flexibility index (Phi) is 2.37. The summed E-state index contributed by atoms with van der Waals surface area (Å²) in [4.78, 5) is 10.4. The van der Waals surface area contributed by atoms with Crippen LogP contribution in [0.3, 0.4) is 0 Å². The Morgan fingerprint density at radius 1 is 1.92 bits per heavy atom. The van der Waals surface area contributed by atoms with Gasteiger partial charge in [-0.15, -0.1) is 5.10 Å². The quantitative estimate of drug-likeness (QED) is 0.718. The molecule has 0 spiro atoms. The number of hydrogen-bond acceptors (Lipinski definition) is 3. The number of rotatable bonds is 3. The zero-order valence-electron chi connectivity index (χ0n) is 6.44. The highest BCUT2D eigenvalue weighted by molar-refractivity contribution is 5.71. The fourth-order valence-electron chi connectivity index (χ4n) is 0.677. The number of nitrogens with zero attached hydrogens (tertiary/aromatic N) is 3. The molecule has 0 aliphatic carbocycles. The number of aromatic nitrogens is 3. The highest BCUT2D eigenvalue weighted by atomic mass is 19.1. The van der Waals surface area contributed by atoms with Crippen LogP contribution in [0.1, 0.15) is 18.7 Å². The van der Waals surface area contributed by atoms with Gasteiger partial charge in [-0.1, -0.05) is 5.21 Å². The lowest BCUT2D eigenvalue weighted by atomic mass is 10.3. The molecule has 1 rings (SSSR count). The van der Waals surface area contributed by atoms with E-state index in [9.17, 15) is 9.18 Å². The Morgan fingerprint density at radius 3 is 3.00 bits per heavy atom. The van der Waals surface area contributed by atoms with E-state index in [4.69, 9.17) is 5.11 Å². The maximum absolute atomic E-state index is 11.9. The van der Waals surface area contributed by atoms with Crippen molar-refractivity contribution >= 4 is 5.97 Å². The summed E-state index contributed by atoms with van der Waals surface area (Å²) >= 11 is 0. The summed E-state index contributed by atoms with van der Waals surface area (Å²) < 4.78 is 13.0. The van der Waals surface area contributed by atoms with Crippen molar-refractivity contribution in [1.82, 2.24) is 15.0 Å². The fourth-order valence-corrected chi connectivity index (χ4v) is 0.677. The van der Waals surface area contributed by atoms with Crippen molar-refractivity contribution in [3.8, 4) is 0 Å². The molecule has 0 aliphatic rings. The molecule has 0 aromatic carbocycles. The average molecular weight is 173 g/mol. The van der Waals surface area contributed by atoms with Crippen LogP contribution in [0.15, 0.2) is 6.20 Å². The van der Waals surface area contributed by atoms with Crippen LogP contribution in [0.25, 0.3) is 0 Å². The standard InChI is InChI=1S/C6H8FN3O2/c1-4(6(11)12)10-3-5(2-7)8-9-10/h3-4H,2H2,1H3,(H,11,12)/t4-/m0/s1. The molecular weight excluding hydrogens is 165 g/mol. The predicted octanol–water partition coefficient (Wildman–Crippen LogP) is 0.393. The molecular formula is C6H8FN3O2. The highest BCUT2D eigenvalue weighted by Crippen LogP contribution is 2.04. The summed E-state index contributed by atoms with van der Waals surface area (Å²) in [5, 5.41) is 15.4. The Bertz CT molecular complexity index is 286. The third-order valence-electron chi connectivity index (χ3n) is 1.45. The van der Waals surface area contributed by atoms with Gasteiger partial charge in [-0.3, -0.25) is 0 Å². The molecule has 1 aromatic heterocycles. The molecule has 0 unspecified atom stereocenters. The SMILES string of the molecule is C[C@@H](C(=O)O)n1cc(CF)nn1. The monoisotopic (exact) mass is 173 g/mol. The molecule has 12 heavy (non-hydrogen) atoms. The van der Waals surface area contributed by atoms with E-state index in [-0.39, 0.29) is 5.69 Å². The Hall–Kier alpha value is -1.46. The summed E-state index contributed by atoms with van der Waals surface area (Å²) in [6, 6.07) is -0.808. The molecule has 66 valence electrons. The Morgan fingerprint density at radius 2 is 2.58 bits per heavy atom. The van der Waals surface area contributed by atoms with Crippen molar-refractivity contribution in [3.63, 3.8) is 0 Å². The minimum atomic E-state index is -1.02. The maximum Gasteiger partial charge on any atom is 0.328 e. The topological polar surface area (TPSA) is 68.0 Å². The van der Waals surface area contributed by atoms with E-state index in [0.717, 1.165) is 4.68 Å². The normalized spacial score (nSPS) is 12.8. The molecule has 1 atom stereocenters. The predicted molar refractivity (Wildman–Crippen MR) is 37.2 cm³/mol. The van der Waals surface area contributed by atoms with E-state index in [1.165, 1.54) is 13.1 Å². The molecule has 6 heteroatoms. The van der Waals surface area contributed by atoms with Gasteiger partial charge in [0.05, 0.1) is 6.20 Å². The molecule has 1 heterocycles. The first-order chi connectivity index (χ1) is 5.65. The summed E-state index contributed by atoms with van der Waals surface area (Å²) in [6.07, 6.45) is 1.28. The number of hydrogen-bond donors (Lipinski definition) is 1. The van der Waals surface area contributed by atoms with E-state index in [1.807, 2.05) is 0 Å². The van der Waals surface area contributed by atoms with E-state index >= 15 is 0 Å². The number of carbonyl (C=O) groups is 1. The molecule has 0 amide bonds. The van der Waals surface area contributed by atoms with Crippen LogP contribution >= 0.6 is 0 Å². The van der Waals surface area contributed by atoms with E-state index in [0.29, 0.717) is 0 Å². The maximum atomic E-state index is 11.9. The van der Waals surface area contributed by atoms with Crippen LogP contribution in [-0.2, 0) is 11.5 Å². The largest absolute Gasteiger partial charge is 0.480 e. The van der Waals surface area contributed by atoms with Crippen LogP contribution < -0.4 is 0 Å². The van der Waals surface area contributed by atoms with Crippen LogP contribution in [0.5, 0.6) is 0 Å². The van der Waals surface area contributed by atoms with Gasteiger partial charge < -0.3 is 5.11 Å². The van der Waals surface area contributed by atoms with Gasteiger partial charge in [0.15, 0.2) is 0 Å². The summed E-state index contributed by atoms with van der Waals surface area (Å²) in [6.45, 7) is 0.714. The number of alkyl halides is 1. The molecule has 0 saturated carbocycles. The van der Waals surface area contributed by atoms with E-state index in [1.54, 1.807) is 0 Å². The van der Waals surface area contributed by atoms with Crippen molar-refractivity contribution in [3.05, 3.63) is 11.9 Å². The number of aliphatic carboxylic acids is 1. The van der Waals surface area contributed by atoms with Crippen molar-refractivity contribution in [2.24, 2.45) is 0 Å². The summed E-state index contributed by atoms with van der Waals surface area (Å²) in [5.41, 5.74) is 0.142. The van der Waals surface area contributed by atoms with Crippen molar-refractivity contribution in [2.75, 3.05) is 0 Å². The van der Waals surface area contributed by atoms with Gasteiger partial charge in [-0.2, -0.15) is 0 Å². The third kappa shape index (κ3) is 1.58. The van der Waals surface area contributed by atoms with Gasteiger partial charge in [0.1, 0.15) is 18.4 Å². The highest BCUT2D eigenvalue weighted by Gasteiger charge is 2.14. The lowest BCUT2D eigenvalue weighted by molar-refractivity contribution is -0.140. The number of carboxylic acids is 1. The average Bonchev–Trinajstić information content (AvgIpc) is 2.50. The number of carboxylic acid groups (broad SMARTS) is 1. The van der Waals surface area contributed by atoms with Gasteiger partial charge in [-0.05, 0) is 6.92 Å². The Labute approximate surface area is 67.8 Å². The summed E-state index contributed by atoms with van der Waals surface area (Å²) in [5.74, 6) is -1.02. The van der Waals surface area contributed by atoms with Gasteiger partial charge in [0, 0.05) is 0 Å². The second-order valence-corrected chi connectivity index (χ2v) is 2.34. The lowest BCUT2D eigenvalue weighted by Gasteiger charge is -2.03. The van der Waals surface area contributed by atoms with Gasteiger partial charge in [0.2, 0.25) is 0 Å². The second kappa shape index (κ2) is 3.29. The number of halogens is 1. The van der Waals surface area contributed by atoms with Gasteiger partial charge in [-0.25, -0.2) is 13.9 Å². The second-order valence-electron chi connectivity index (χ2n) is 2.34. The van der Waals surface area contributed by atoms with E-state index in [2.05, 4.69) is 10.3 Å². The van der Waals surface area contributed by atoms with Gasteiger partial charge in [0.25, 0.3) is 0 Å². The minimum absolute atomic E-state index is 0.142. The first-order valence-corrected chi connectivity index (χ1v) is 3.34. The first kappa shape index (κ1) is 8.63. The lowest BCUT2D eigenvalue weighted by Crippen LogP contribution is -2.15. The van der Waals surface area contributed by atoms with Crippen LogP contribution in [0, 0.1) is 0 Å². The summed E-state index contributed by atoms with van der Waals surface area (Å²) in [7, 11) is 0. The zero-order chi connectivity index (χ0) is 9.14. The first-order valence-electron chi connectivity index (χ1n) is 3.34. The van der Waals surface area contributed by atoms with Crippen molar-refractivity contribution in [2.45, 2.75) is 19.6 Å². The fraction of sp³-hybridized carbons (Fsp3) is 0.500. The zero-order valence-corrected chi connectivity index (χ0v) is 6.44. The van der Waals surface area contributed by atoms with E-state index < -0.39 is 18.7 Å². The molecule has 0 saturated heterocycles. The third-order valence-corrected chi connectivity index (χ3v) is 1.45.